The smallest absolute Gasteiger partial charge is 0.0426 e. The molecule has 2 nitrogen and oxygen atoms in total. The van der Waals surface area contributed by atoms with Gasteiger partial charge < -0.3 is 5.32 Å². The molecule has 0 aliphatic carbocycles. The molecule has 1 aromatic heterocycles. The molecule has 0 spiro atoms. The van der Waals surface area contributed by atoms with E-state index >= 15 is 0 Å². The molecular weight excluding hydrogens is 208 g/mol. The van der Waals surface area contributed by atoms with Gasteiger partial charge in [-0.3, -0.25) is 4.98 Å². The van der Waals surface area contributed by atoms with Crippen LogP contribution in [0.25, 0.3) is 0 Å². The first-order valence-corrected chi connectivity index (χ1v) is 6.27. The first-order chi connectivity index (χ1) is 7.95. The highest BCUT2D eigenvalue weighted by Gasteiger charge is 2.14. The lowest BCUT2D eigenvalue weighted by Gasteiger charge is -2.22. The van der Waals surface area contributed by atoms with Crippen LogP contribution in [0.15, 0.2) is 18.7 Å². The number of aromatic nitrogens is 1. The molecule has 1 N–H and O–H groups in total. The van der Waals surface area contributed by atoms with Gasteiger partial charge in [0.25, 0.3) is 0 Å². The molecular formula is C15H24N2. The second-order valence-electron chi connectivity index (χ2n) is 4.89. The SMILES string of the molecule is C=CCC(C)NC(C)c1c(C)cc(C)nc1C. The second kappa shape index (κ2) is 5.97. The minimum atomic E-state index is 0.332. The van der Waals surface area contributed by atoms with Gasteiger partial charge in [-0.15, -0.1) is 6.58 Å². The maximum absolute atomic E-state index is 4.55. The summed E-state index contributed by atoms with van der Waals surface area (Å²) >= 11 is 0. The van der Waals surface area contributed by atoms with Crippen molar-refractivity contribution in [3.05, 3.63) is 41.2 Å². The standard InChI is InChI=1S/C15H24N2/c1-7-8-11(3)16-13(5)15-10(2)9-12(4)17-14(15)6/h7,9,11,13,16H,1,8H2,2-6H3. The normalized spacial score (nSPS) is 14.4. The molecule has 0 bridgehead atoms. The summed E-state index contributed by atoms with van der Waals surface area (Å²) in [7, 11) is 0. The Morgan fingerprint density at radius 2 is 2.00 bits per heavy atom. The van der Waals surface area contributed by atoms with Crippen molar-refractivity contribution in [1.82, 2.24) is 10.3 Å². The van der Waals surface area contributed by atoms with Crippen molar-refractivity contribution in [3.8, 4) is 0 Å². The zero-order valence-electron chi connectivity index (χ0n) is 11.7. The summed E-state index contributed by atoms with van der Waals surface area (Å²) in [6.07, 6.45) is 2.94. The Morgan fingerprint density at radius 3 is 2.53 bits per heavy atom. The van der Waals surface area contributed by atoms with E-state index in [1.54, 1.807) is 0 Å². The molecule has 17 heavy (non-hydrogen) atoms. The van der Waals surface area contributed by atoms with E-state index in [0.717, 1.165) is 17.8 Å². The predicted octanol–water partition coefficient (Wildman–Crippen LogP) is 3.62. The quantitative estimate of drug-likeness (QED) is 0.784. The first-order valence-electron chi connectivity index (χ1n) is 6.27. The van der Waals surface area contributed by atoms with Gasteiger partial charge in [0.15, 0.2) is 0 Å². The largest absolute Gasteiger partial charge is 0.307 e. The van der Waals surface area contributed by atoms with Gasteiger partial charge in [-0.2, -0.15) is 0 Å². The summed E-state index contributed by atoms with van der Waals surface area (Å²) in [6.45, 7) is 14.5. The van der Waals surface area contributed by atoms with Gasteiger partial charge in [0.2, 0.25) is 0 Å². The van der Waals surface area contributed by atoms with E-state index in [9.17, 15) is 0 Å². The van der Waals surface area contributed by atoms with Crippen LogP contribution >= 0.6 is 0 Å². The number of pyridine rings is 1. The lowest BCUT2D eigenvalue weighted by Crippen LogP contribution is -2.29. The fourth-order valence-electron chi connectivity index (χ4n) is 2.52. The zero-order valence-corrected chi connectivity index (χ0v) is 11.7. The van der Waals surface area contributed by atoms with Gasteiger partial charge in [-0.1, -0.05) is 6.08 Å². The fourth-order valence-corrected chi connectivity index (χ4v) is 2.52. The minimum Gasteiger partial charge on any atom is -0.307 e. The highest BCUT2D eigenvalue weighted by atomic mass is 14.9. The molecule has 1 aromatic rings. The van der Waals surface area contributed by atoms with Gasteiger partial charge >= 0.3 is 0 Å². The maximum Gasteiger partial charge on any atom is 0.0426 e. The molecule has 94 valence electrons. The van der Waals surface area contributed by atoms with E-state index in [0.29, 0.717) is 12.1 Å². The molecule has 0 aromatic carbocycles. The van der Waals surface area contributed by atoms with Crippen LogP contribution in [0.1, 0.15) is 48.8 Å². The summed E-state index contributed by atoms with van der Waals surface area (Å²) in [5.74, 6) is 0. The van der Waals surface area contributed by atoms with Crippen molar-refractivity contribution in [2.45, 2.75) is 53.1 Å². The van der Waals surface area contributed by atoms with Gasteiger partial charge in [-0.05, 0) is 58.2 Å². The summed E-state index contributed by atoms with van der Waals surface area (Å²) < 4.78 is 0. The van der Waals surface area contributed by atoms with E-state index in [2.05, 4.69) is 50.6 Å². The summed E-state index contributed by atoms with van der Waals surface area (Å²) in [5, 5.41) is 3.59. The van der Waals surface area contributed by atoms with Crippen LogP contribution in [0, 0.1) is 20.8 Å². The van der Waals surface area contributed by atoms with Crippen LogP contribution in [-0.2, 0) is 0 Å². The van der Waals surface area contributed by atoms with Crippen molar-refractivity contribution in [3.63, 3.8) is 0 Å². The van der Waals surface area contributed by atoms with Crippen LogP contribution in [0.4, 0.5) is 0 Å². The predicted molar refractivity (Wildman–Crippen MR) is 74.3 cm³/mol. The summed E-state index contributed by atoms with van der Waals surface area (Å²) in [5.41, 5.74) is 4.87. The molecule has 1 heterocycles. The third-order valence-electron chi connectivity index (χ3n) is 3.07. The minimum absolute atomic E-state index is 0.332. The second-order valence-corrected chi connectivity index (χ2v) is 4.89. The Bertz CT molecular complexity index is 373. The summed E-state index contributed by atoms with van der Waals surface area (Å²) in [4.78, 5) is 4.55. The Morgan fingerprint density at radius 1 is 1.35 bits per heavy atom. The third-order valence-corrected chi connectivity index (χ3v) is 3.07. The Balaban J connectivity index is 2.88. The van der Waals surface area contributed by atoms with E-state index in [1.165, 1.54) is 11.1 Å². The molecule has 2 unspecified atom stereocenters. The molecule has 0 saturated heterocycles. The lowest BCUT2D eigenvalue weighted by molar-refractivity contribution is 0.478. The molecule has 0 aliphatic heterocycles. The van der Waals surface area contributed by atoms with E-state index < -0.39 is 0 Å². The van der Waals surface area contributed by atoms with E-state index in [4.69, 9.17) is 0 Å². The van der Waals surface area contributed by atoms with Gasteiger partial charge in [0, 0.05) is 23.5 Å². The number of aryl methyl sites for hydroxylation is 3. The Kier molecular flexibility index (Phi) is 4.88. The first kappa shape index (κ1) is 13.9. The van der Waals surface area contributed by atoms with Crippen LogP contribution in [0.3, 0.4) is 0 Å². The number of hydrogen-bond donors (Lipinski definition) is 1. The maximum atomic E-state index is 4.55. The Hall–Kier alpha value is -1.15. The van der Waals surface area contributed by atoms with Crippen LogP contribution < -0.4 is 5.32 Å². The Labute approximate surface area is 105 Å². The number of nitrogens with one attached hydrogen (secondary N) is 1. The van der Waals surface area contributed by atoms with Crippen LogP contribution in [-0.4, -0.2) is 11.0 Å². The highest BCUT2D eigenvalue weighted by molar-refractivity contribution is 5.33. The van der Waals surface area contributed by atoms with Crippen molar-refractivity contribution in [2.75, 3.05) is 0 Å². The topological polar surface area (TPSA) is 24.9 Å². The van der Waals surface area contributed by atoms with Gasteiger partial charge in [0.05, 0.1) is 0 Å². The molecule has 1 rings (SSSR count). The molecule has 0 saturated carbocycles. The average molecular weight is 232 g/mol. The molecule has 2 heteroatoms. The molecule has 0 fully saturated rings. The van der Waals surface area contributed by atoms with Crippen LogP contribution in [0.2, 0.25) is 0 Å². The average Bonchev–Trinajstić information content (AvgIpc) is 2.15. The molecule has 0 radical (unpaired) electrons. The number of rotatable bonds is 5. The van der Waals surface area contributed by atoms with E-state index in [1.807, 2.05) is 13.0 Å². The third kappa shape index (κ3) is 3.67. The zero-order chi connectivity index (χ0) is 13.0. The molecule has 2 atom stereocenters. The van der Waals surface area contributed by atoms with E-state index in [-0.39, 0.29) is 0 Å². The lowest BCUT2D eigenvalue weighted by atomic mass is 9.99. The van der Waals surface area contributed by atoms with Crippen molar-refractivity contribution in [1.29, 1.82) is 0 Å². The monoisotopic (exact) mass is 232 g/mol. The highest BCUT2D eigenvalue weighted by Crippen LogP contribution is 2.21. The van der Waals surface area contributed by atoms with Crippen molar-refractivity contribution < 1.29 is 0 Å². The van der Waals surface area contributed by atoms with Crippen molar-refractivity contribution in [2.24, 2.45) is 0 Å². The number of nitrogens with zero attached hydrogens (tertiary/aromatic N) is 1. The van der Waals surface area contributed by atoms with Gasteiger partial charge in [0.1, 0.15) is 0 Å². The number of hydrogen-bond acceptors (Lipinski definition) is 2. The molecule has 0 amide bonds. The van der Waals surface area contributed by atoms with Gasteiger partial charge in [-0.25, -0.2) is 0 Å². The summed E-state index contributed by atoms with van der Waals surface area (Å²) in [6, 6.07) is 2.93. The molecule has 0 aliphatic rings. The van der Waals surface area contributed by atoms with Crippen molar-refractivity contribution >= 4 is 0 Å². The van der Waals surface area contributed by atoms with Crippen LogP contribution in [0.5, 0.6) is 0 Å². The fraction of sp³-hybridized carbons (Fsp3) is 0.533.